The largest absolute Gasteiger partial charge is 0.374 e. The van der Waals surface area contributed by atoms with Crippen molar-refractivity contribution in [3.05, 3.63) is 50.0 Å². The van der Waals surface area contributed by atoms with Crippen LogP contribution in [0, 0.1) is 17.0 Å². The molecule has 0 aliphatic heterocycles. The van der Waals surface area contributed by atoms with Crippen LogP contribution in [0.1, 0.15) is 21.1 Å². The van der Waals surface area contributed by atoms with Gasteiger partial charge in [-0.25, -0.2) is 4.98 Å². The van der Waals surface area contributed by atoms with Gasteiger partial charge in [-0.2, -0.15) is 0 Å². The molecular weight excluding hydrogens is 292 g/mol. The van der Waals surface area contributed by atoms with Gasteiger partial charge in [0.05, 0.1) is 22.2 Å². The van der Waals surface area contributed by atoms with Crippen molar-refractivity contribution in [1.29, 1.82) is 0 Å². The monoisotopic (exact) mass is 306 g/mol. The summed E-state index contributed by atoms with van der Waals surface area (Å²) in [7, 11) is 1.51. The van der Waals surface area contributed by atoms with Gasteiger partial charge in [-0.3, -0.25) is 14.9 Å². The summed E-state index contributed by atoms with van der Waals surface area (Å²) in [6.07, 6.45) is 0. The Balaban J connectivity index is 2.25. The number of nitro groups is 1. The number of nitrogens with one attached hydrogen (secondary N) is 2. The van der Waals surface area contributed by atoms with E-state index in [0.29, 0.717) is 17.8 Å². The molecule has 0 bridgehead atoms. The van der Waals surface area contributed by atoms with E-state index in [9.17, 15) is 14.9 Å². The third kappa shape index (κ3) is 3.54. The van der Waals surface area contributed by atoms with Gasteiger partial charge in [0.1, 0.15) is 5.69 Å². The highest BCUT2D eigenvalue weighted by Crippen LogP contribution is 2.26. The molecule has 2 N–H and O–H groups in total. The smallest absolute Gasteiger partial charge is 0.292 e. The highest BCUT2D eigenvalue weighted by Gasteiger charge is 2.16. The summed E-state index contributed by atoms with van der Waals surface area (Å²) in [4.78, 5) is 26.4. The number of nitro benzene ring substituents is 1. The van der Waals surface area contributed by atoms with E-state index in [1.54, 1.807) is 0 Å². The van der Waals surface area contributed by atoms with Gasteiger partial charge in [0.15, 0.2) is 0 Å². The number of carbonyl (C=O) groups excluding carboxylic acids is 1. The van der Waals surface area contributed by atoms with Crippen molar-refractivity contribution in [2.45, 2.75) is 13.5 Å². The zero-order chi connectivity index (χ0) is 15.4. The van der Waals surface area contributed by atoms with E-state index in [1.807, 2.05) is 12.3 Å². The van der Waals surface area contributed by atoms with Crippen molar-refractivity contribution in [2.75, 3.05) is 12.4 Å². The van der Waals surface area contributed by atoms with Crippen molar-refractivity contribution < 1.29 is 9.72 Å². The maximum Gasteiger partial charge on any atom is 0.292 e. The van der Waals surface area contributed by atoms with E-state index in [4.69, 9.17) is 0 Å². The van der Waals surface area contributed by atoms with Gasteiger partial charge in [-0.15, -0.1) is 11.3 Å². The molecule has 110 valence electrons. The van der Waals surface area contributed by atoms with Crippen molar-refractivity contribution >= 4 is 28.6 Å². The zero-order valence-corrected chi connectivity index (χ0v) is 12.4. The van der Waals surface area contributed by atoms with E-state index < -0.39 is 4.92 Å². The molecule has 8 heteroatoms. The molecule has 1 aromatic carbocycles. The van der Waals surface area contributed by atoms with Gasteiger partial charge >= 0.3 is 0 Å². The third-order valence-corrected chi connectivity index (χ3v) is 3.63. The Kier molecular flexibility index (Phi) is 4.49. The number of benzene rings is 1. The maximum atomic E-state index is 11.6. The molecule has 0 aliphatic rings. The number of thiazole rings is 1. The Morgan fingerprint density at radius 1 is 1.48 bits per heavy atom. The first-order chi connectivity index (χ1) is 10.0. The molecule has 1 amide bonds. The topological polar surface area (TPSA) is 97.2 Å². The maximum absolute atomic E-state index is 11.6. The van der Waals surface area contributed by atoms with Gasteiger partial charge in [-0.1, -0.05) is 0 Å². The number of hydrogen-bond donors (Lipinski definition) is 2. The lowest BCUT2D eigenvalue weighted by Crippen LogP contribution is -2.18. The van der Waals surface area contributed by atoms with Gasteiger partial charge < -0.3 is 10.6 Å². The van der Waals surface area contributed by atoms with Crippen LogP contribution in [0.25, 0.3) is 0 Å². The molecule has 21 heavy (non-hydrogen) atoms. The Morgan fingerprint density at radius 3 is 2.81 bits per heavy atom. The van der Waals surface area contributed by atoms with Crippen LogP contribution >= 0.6 is 11.3 Å². The van der Waals surface area contributed by atoms with Gasteiger partial charge in [0, 0.05) is 24.1 Å². The molecule has 0 atom stereocenters. The summed E-state index contributed by atoms with van der Waals surface area (Å²) in [6.45, 7) is 2.26. The van der Waals surface area contributed by atoms with E-state index in [1.165, 1.54) is 36.6 Å². The molecule has 0 saturated heterocycles. The standard InChI is InChI=1S/C13H14N4O3S/c1-8-16-10(7-21-8)6-15-11-5-9(13(18)14-2)3-4-12(11)17(19)20/h3-5,7,15H,6H2,1-2H3,(H,14,18). The average Bonchev–Trinajstić information content (AvgIpc) is 2.89. The van der Waals surface area contributed by atoms with E-state index >= 15 is 0 Å². The van der Waals surface area contributed by atoms with Crippen LogP contribution in [0.2, 0.25) is 0 Å². The van der Waals surface area contributed by atoms with Crippen LogP contribution in [0.5, 0.6) is 0 Å². The summed E-state index contributed by atoms with van der Waals surface area (Å²) in [5.41, 5.74) is 1.39. The summed E-state index contributed by atoms with van der Waals surface area (Å²) in [5, 5.41) is 19.3. The van der Waals surface area contributed by atoms with Gasteiger partial charge in [0.25, 0.3) is 11.6 Å². The minimum absolute atomic E-state index is 0.0744. The molecule has 2 rings (SSSR count). The molecule has 2 aromatic rings. The van der Waals surface area contributed by atoms with Crippen molar-refractivity contribution in [1.82, 2.24) is 10.3 Å². The molecule has 0 saturated carbocycles. The van der Waals surface area contributed by atoms with Gasteiger partial charge in [0.2, 0.25) is 0 Å². The molecule has 1 aromatic heterocycles. The minimum Gasteiger partial charge on any atom is -0.374 e. The van der Waals surface area contributed by atoms with Gasteiger partial charge in [-0.05, 0) is 19.1 Å². The molecule has 0 fully saturated rings. The Bertz CT molecular complexity index is 684. The Labute approximate surface area is 125 Å². The second-order valence-electron chi connectivity index (χ2n) is 4.28. The number of rotatable bonds is 5. The first kappa shape index (κ1) is 14.9. The Hall–Kier alpha value is -2.48. The normalized spacial score (nSPS) is 10.2. The SMILES string of the molecule is CNC(=O)c1ccc([N+](=O)[O-])c(NCc2csc(C)n2)c1. The molecule has 0 radical (unpaired) electrons. The number of carbonyl (C=O) groups is 1. The third-order valence-electron chi connectivity index (χ3n) is 2.81. The molecule has 0 unspecified atom stereocenters. The second kappa shape index (κ2) is 6.31. The highest BCUT2D eigenvalue weighted by atomic mass is 32.1. The molecular formula is C13H14N4O3S. The van der Waals surface area contributed by atoms with Crippen LogP contribution in [-0.2, 0) is 6.54 Å². The van der Waals surface area contributed by atoms with E-state index in [-0.39, 0.29) is 11.6 Å². The Morgan fingerprint density at radius 2 is 2.24 bits per heavy atom. The summed E-state index contributed by atoms with van der Waals surface area (Å²) >= 11 is 1.51. The average molecular weight is 306 g/mol. The summed E-state index contributed by atoms with van der Waals surface area (Å²) < 4.78 is 0. The fourth-order valence-electron chi connectivity index (χ4n) is 1.80. The first-order valence-corrected chi connectivity index (χ1v) is 7.04. The van der Waals surface area contributed by atoms with E-state index in [2.05, 4.69) is 15.6 Å². The van der Waals surface area contributed by atoms with Crippen LogP contribution in [-0.4, -0.2) is 22.9 Å². The lowest BCUT2D eigenvalue weighted by molar-refractivity contribution is -0.384. The fraction of sp³-hybridized carbons (Fsp3) is 0.231. The van der Waals surface area contributed by atoms with Crippen LogP contribution < -0.4 is 10.6 Å². The minimum atomic E-state index is -0.484. The zero-order valence-electron chi connectivity index (χ0n) is 11.5. The van der Waals surface area contributed by atoms with Crippen molar-refractivity contribution in [2.24, 2.45) is 0 Å². The lowest BCUT2D eigenvalue weighted by Gasteiger charge is -2.07. The fourth-order valence-corrected chi connectivity index (χ4v) is 2.41. The highest BCUT2D eigenvalue weighted by molar-refractivity contribution is 7.09. The number of nitrogens with zero attached hydrogens (tertiary/aromatic N) is 2. The molecule has 0 spiro atoms. The predicted octanol–water partition coefficient (Wildman–Crippen LogP) is 2.33. The molecule has 0 aliphatic carbocycles. The number of aryl methyl sites for hydroxylation is 1. The summed E-state index contributed by atoms with van der Waals surface area (Å²) in [5.74, 6) is -0.294. The number of anilines is 1. The number of aromatic nitrogens is 1. The number of hydrogen-bond acceptors (Lipinski definition) is 6. The van der Waals surface area contributed by atoms with Crippen LogP contribution in [0.3, 0.4) is 0 Å². The van der Waals surface area contributed by atoms with Crippen LogP contribution in [0.4, 0.5) is 11.4 Å². The lowest BCUT2D eigenvalue weighted by atomic mass is 10.1. The first-order valence-electron chi connectivity index (χ1n) is 6.16. The van der Waals surface area contributed by atoms with Crippen molar-refractivity contribution in [3.63, 3.8) is 0 Å². The van der Waals surface area contributed by atoms with E-state index in [0.717, 1.165) is 10.7 Å². The predicted molar refractivity (Wildman–Crippen MR) is 80.7 cm³/mol. The number of amides is 1. The quantitative estimate of drug-likeness (QED) is 0.652. The second-order valence-corrected chi connectivity index (χ2v) is 5.34. The van der Waals surface area contributed by atoms with Crippen molar-refractivity contribution in [3.8, 4) is 0 Å². The summed E-state index contributed by atoms with van der Waals surface area (Å²) in [6, 6.07) is 4.21. The molecule has 1 heterocycles. The molecule has 7 nitrogen and oxygen atoms in total. The van der Waals surface area contributed by atoms with Crippen LogP contribution in [0.15, 0.2) is 23.6 Å².